The minimum Gasteiger partial charge on any atom is -0.496 e. The second-order valence-electron chi connectivity index (χ2n) is 5.07. The fraction of sp³-hybridized carbons (Fsp3) is 0.500. The fourth-order valence-corrected chi connectivity index (χ4v) is 3.16. The molecule has 1 heterocycles. The fourth-order valence-electron chi connectivity index (χ4n) is 3.16. The molecule has 0 saturated heterocycles. The van der Waals surface area contributed by atoms with Crippen LogP contribution >= 0.6 is 0 Å². The average Bonchev–Trinajstić information content (AvgIpc) is 2.99. The van der Waals surface area contributed by atoms with Gasteiger partial charge in [0.2, 0.25) is 0 Å². The second kappa shape index (κ2) is 6.22. The highest BCUT2D eigenvalue weighted by molar-refractivity contribution is 5.32. The average molecular weight is 260 g/mol. The Hall–Kier alpha value is -1.32. The van der Waals surface area contributed by atoms with Crippen molar-refractivity contribution in [3.63, 3.8) is 0 Å². The van der Waals surface area contributed by atoms with Crippen molar-refractivity contribution in [2.75, 3.05) is 6.61 Å². The molecule has 0 aromatic heterocycles. The Morgan fingerprint density at radius 3 is 2.42 bits per heavy atom. The van der Waals surface area contributed by atoms with Crippen LogP contribution in [0, 0.1) is 0 Å². The molecule has 2 rings (SSSR count). The van der Waals surface area contributed by atoms with Crippen molar-refractivity contribution in [2.24, 2.45) is 5.84 Å². The van der Waals surface area contributed by atoms with Gasteiger partial charge >= 0.3 is 0 Å². The van der Waals surface area contributed by atoms with E-state index in [2.05, 4.69) is 55.7 Å². The number of nitrogens with two attached hydrogens (primary N) is 1. The maximum absolute atomic E-state index is 5.86. The first kappa shape index (κ1) is 14.1. The van der Waals surface area contributed by atoms with Gasteiger partial charge in [0, 0.05) is 11.8 Å². The minimum atomic E-state index is -0.0216. The summed E-state index contributed by atoms with van der Waals surface area (Å²) in [4.78, 5) is 0. The van der Waals surface area contributed by atoms with Gasteiger partial charge in [-0.05, 0) is 24.5 Å². The van der Waals surface area contributed by atoms with Gasteiger partial charge in [-0.25, -0.2) is 5.43 Å². The maximum atomic E-state index is 5.86. The van der Waals surface area contributed by atoms with E-state index in [1.807, 2.05) is 0 Å². The van der Waals surface area contributed by atoms with Crippen LogP contribution in [0.2, 0.25) is 0 Å². The molecule has 104 valence electrons. The Labute approximate surface area is 115 Å². The molecule has 0 fully saturated rings. The molecule has 0 spiro atoms. The molecule has 0 amide bonds. The molecule has 0 saturated carbocycles. The highest BCUT2D eigenvalue weighted by Crippen LogP contribution is 2.39. The second-order valence-corrected chi connectivity index (χ2v) is 5.07. The summed E-state index contributed by atoms with van der Waals surface area (Å²) in [6.07, 6.45) is 5.17. The van der Waals surface area contributed by atoms with Crippen molar-refractivity contribution in [1.82, 2.24) is 5.43 Å². The van der Waals surface area contributed by atoms with E-state index in [1.54, 1.807) is 0 Å². The number of benzene rings is 1. The lowest BCUT2D eigenvalue weighted by Gasteiger charge is -2.40. The van der Waals surface area contributed by atoms with Crippen LogP contribution in [-0.4, -0.2) is 12.6 Å². The lowest BCUT2D eigenvalue weighted by atomic mass is 9.69. The Balaban J connectivity index is 2.42. The minimum absolute atomic E-state index is 0.0216. The Bertz CT molecular complexity index is 424. The Kier molecular flexibility index (Phi) is 4.61. The molecule has 1 atom stereocenters. The van der Waals surface area contributed by atoms with Gasteiger partial charge in [0.25, 0.3) is 0 Å². The first-order valence-corrected chi connectivity index (χ1v) is 7.13. The summed E-state index contributed by atoms with van der Waals surface area (Å²) in [6.45, 7) is 5.21. The molecular formula is C16H24N2O. The first-order chi connectivity index (χ1) is 9.28. The van der Waals surface area contributed by atoms with E-state index in [4.69, 9.17) is 10.6 Å². The van der Waals surface area contributed by atoms with Crippen molar-refractivity contribution in [1.29, 1.82) is 0 Å². The van der Waals surface area contributed by atoms with Crippen LogP contribution in [0.4, 0.5) is 0 Å². The third kappa shape index (κ3) is 2.53. The first-order valence-electron chi connectivity index (χ1n) is 7.13. The van der Waals surface area contributed by atoms with Crippen molar-refractivity contribution >= 4 is 0 Å². The molecule has 1 unspecified atom stereocenters. The van der Waals surface area contributed by atoms with Crippen LogP contribution in [0.15, 0.2) is 42.2 Å². The van der Waals surface area contributed by atoms with Gasteiger partial charge in [-0.15, -0.1) is 0 Å². The summed E-state index contributed by atoms with van der Waals surface area (Å²) in [5.41, 5.74) is 4.29. The molecule has 3 heteroatoms. The molecule has 3 nitrogen and oxygen atoms in total. The van der Waals surface area contributed by atoms with Gasteiger partial charge in [0.1, 0.15) is 5.76 Å². The molecule has 0 radical (unpaired) electrons. The lowest BCUT2D eigenvalue weighted by molar-refractivity contribution is 0.171. The van der Waals surface area contributed by atoms with E-state index in [-0.39, 0.29) is 11.5 Å². The number of rotatable bonds is 6. The highest BCUT2D eigenvalue weighted by Gasteiger charge is 2.40. The van der Waals surface area contributed by atoms with Crippen molar-refractivity contribution in [2.45, 2.75) is 44.6 Å². The van der Waals surface area contributed by atoms with Crippen molar-refractivity contribution < 1.29 is 4.74 Å². The van der Waals surface area contributed by atoms with Crippen LogP contribution in [0.5, 0.6) is 0 Å². The van der Waals surface area contributed by atoms with Gasteiger partial charge in [-0.3, -0.25) is 5.84 Å². The number of hydrogen-bond acceptors (Lipinski definition) is 3. The van der Waals surface area contributed by atoms with Crippen LogP contribution in [0.1, 0.15) is 38.7 Å². The summed E-state index contributed by atoms with van der Waals surface area (Å²) in [5.74, 6) is 6.85. The lowest BCUT2D eigenvalue weighted by Crippen LogP contribution is -2.52. The zero-order valence-electron chi connectivity index (χ0n) is 11.9. The normalized spacial score (nSPS) is 16.9. The summed E-state index contributed by atoms with van der Waals surface area (Å²) in [6, 6.07) is 10.6. The monoisotopic (exact) mass is 260 g/mol. The smallest absolute Gasteiger partial charge is 0.111 e. The zero-order chi connectivity index (χ0) is 13.7. The predicted octanol–water partition coefficient (Wildman–Crippen LogP) is 2.88. The van der Waals surface area contributed by atoms with E-state index in [0.717, 1.165) is 31.6 Å². The maximum Gasteiger partial charge on any atom is 0.111 e. The van der Waals surface area contributed by atoms with E-state index >= 15 is 0 Å². The van der Waals surface area contributed by atoms with E-state index in [0.29, 0.717) is 0 Å². The van der Waals surface area contributed by atoms with Crippen LogP contribution < -0.4 is 11.3 Å². The zero-order valence-corrected chi connectivity index (χ0v) is 11.9. The molecule has 1 aliphatic heterocycles. The van der Waals surface area contributed by atoms with Crippen LogP contribution in [0.25, 0.3) is 0 Å². The molecule has 0 bridgehead atoms. The molecular weight excluding hydrogens is 236 g/mol. The largest absolute Gasteiger partial charge is 0.496 e. The summed E-state index contributed by atoms with van der Waals surface area (Å²) < 4.78 is 5.76. The molecule has 0 aliphatic carbocycles. The van der Waals surface area contributed by atoms with Gasteiger partial charge in [0.05, 0.1) is 12.6 Å². The summed E-state index contributed by atoms with van der Waals surface area (Å²) >= 11 is 0. The molecule has 1 aliphatic rings. The molecule has 1 aromatic rings. The molecule has 3 N–H and O–H groups in total. The predicted molar refractivity (Wildman–Crippen MR) is 78.5 cm³/mol. The number of hydrogen-bond donors (Lipinski definition) is 2. The molecule has 19 heavy (non-hydrogen) atoms. The van der Waals surface area contributed by atoms with E-state index in [1.165, 1.54) is 5.56 Å². The third-order valence-electron chi connectivity index (χ3n) is 4.35. The van der Waals surface area contributed by atoms with Crippen LogP contribution in [0.3, 0.4) is 0 Å². The van der Waals surface area contributed by atoms with Gasteiger partial charge in [-0.2, -0.15) is 0 Å². The van der Waals surface area contributed by atoms with Crippen LogP contribution in [-0.2, 0) is 10.2 Å². The summed E-state index contributed by atoms with van der Waals surface area (Å²) in [5, 5.41) is 0. The number of hydrazine groups is 1. The van der Waals surface area contributed by atoms with E-state index in [9.17, 15) is 0 Å². The SMILES string of the molecule is CCC(CC)(c1ccccc1)C(NN)C1=CCCO1. The quantitative estimate of drug-likeness (QED) is 0.611. The summed E-state index contributed by atoms with van der Waals surface area (Å²) in [7, 11) is 0. The van der Waals surface area contributed by atoms with Crippen molar-refractivity contribution in [3.05, 3.63) is 47.7 Å². The highest BCUT2D eigenvalue weighted by atomic mass is 16.5. The van der Waals surface area contributed by atoms with Gasteiger partial charge in [0.15, 0.2) is 0 Å². The Morgan fingerprint density at radius 1 is 1.26 bits per heavy atom. The van der Waals surface area contributed by atoms with Gasteiger partial charge < -0.3 is 4.74 Å². The topological polar surface area (TPSA) is 47.3 Å². The number of nitrogens with one attached hydrogen (secondary N) is 1. The number of ether oxygens (including phenoxy) is 1. The van der Waals surface area contributed by atoms with Gasteiger partial charge in [-0.1, -0.05) is 44.2 Å². The van der Waals surface area contributed by atoms with Crippen molar-refractivity contribution in [3.8, 4) is 0 Å². The standard InChI is InChI=1S/C16H24N2O/c1-3-16(4-2,13-9-6-5-7-10-13)15(18-17)14-11-8-12-19-14/h5-7,9-11,15,18H,3-4,8,12,17H2,1-2H3. The third-order valence-corrected chi connectivity index (χ3v) is 4.35. The molecule has 1 aromatic carbocycles. The Morgan fingerprint density at radius 2 is 1.95 bits per heavy atom. The van der Waals surface area contributed by atoms with E-state index < -0.39 is 0 Å².